The number of nitriles is 1. The molecule has 0 unspecified atom stereocenters. The van der Waals surface area contributed by atoms with Crippen LogP contribution in [0.25, 0.3) is 82.1 Å². The molecule has 4 nitrogen and oxygen atoms in total. The Bertz CT molecular complexity index is 2750. The fourth-order valence-electron chi connectivity index (χ4n) is 7.33. The fraction of sp³-hybridized carbons (Fsp3) is 0. The summed E-state index contributed by atoms with van der Waals surface area (Å²) >= 11 is 0. The van der Waals surface area contributed by atoms with Crippen LogP contribution in [0.5, 0.6) is 0 Å². The lowest BCUT2D eigenvalue weighted by atomic mass is 9.95. The second-order valence-electron chi connectivity index (χ2n) is 11.9. The minimum atomic E-state index is 0.634. The minimum Gasteiger partial charge on any atom is -0.311 e. The molecule has 7 aromatic carbocycles. The average molecular weight is 611 g/mol. The first-order valence-electron chi connectivity index (χ1n) is 15.9. The van der Waals surface area contributed by atoms with E-state index in [-0.39, 0.29) is 0 Å². The van der Waals surface area contributed by atoms with Crippen molar-refractivity contribution >= 4 is 49.3 Å². The molecule has 0 N–H and O–H groups in total. The molecule has 2 heterocycles. The van der Waals surface area contributed by atoms with Crippen LogP contribution >= 0.6 is 0 Å². The first-order chi connectivity index (χ1) is 23.7. The SMILES string of the molecule is [C-]#[N+]c1cccc2c1c1ccccc1n2-c1cccc(-c2ccc(-c3c(C#N)cccc3-n3c4ccccc4c4ccccc43)cc2)c1. The maximum absolute atomic E-state index is 10.3. The Balaban J connectivity index is 1.18. The van der Waals surface area contributed by atoms with Gasteiger partial charge in [0.15, 0.2) is 5.69 Å². The Hall–Kier alpha value is -6.88. The van der Waals surface area contributed by atoms with E-state index in [9.17, 15) is 5.26 Å². The summed E-state index contributed by atoms with van der Waals surface area (Å²) in [6, 6.07) is 56.6. The molecule has 0 spiro atoms. The topological polar surface area (TPSA) is 38.0 Å². The lowest BCUT2D eigenvalue weighted by molar-refractivity contribution is 1.18. The molecule has 0 fully saturated rings. The molecule has 48 heavy (non-hydrogen) atoms. The normalized spacial score (nSPS) is 11.3. The van der Waals surface area contributed by atoms with Crippen LogP contribution in [0.15, 0.2) is 158 Å². The molecule has 0 amide bonds. The summed E-state index contributed by atoms with van der Waals surface area (Å²) in [7, 11) is 0. The maximum Gasteiger partial charge on any atom is 0.197 e. The van der Waals surface area contributed by atoms with E-state index in [2.05, 4.69) is 141 Å². The van der Waals surface area contributed by atoms with Gasteiger partial charge in [-0.25, -0.2) is 4.85 Å². The number of hydrogen-bond acceptors (Lipinski definition) is 1. The van der Waals surface area contributed by atoms with E-state index in [1.165, 1.54) is 10.8 Å². The molecule has 0 saturated heterocycles. The number of benzene rings is 7. The van der Waals surface area contributed by atoms with Crippen LogP contribution in [-0.4, -0.2) is 9.13 Å². The highest BCUT2D eigenvalue weighted by atomic mass is 15.0. The van der Waals surface area contributed by atoms with Crippen molar-refractivity contribution in [3.63, 3.8) is 0 Å². The summed E-state index contributed by atoms with van der Waals surface area (Å²) in [4.78, 5) is 3.83. The Morgan fingerprint density at radius 1 is 0.500 bits per heavy atom. The van der Waals surface area contributed by atoms with Gasteiger partial charge in [-0.1, -0.05) is 109 Å². The second kappa shape index (κ2) is 10.9. The lowest BCUT2D eigenvalue weighted by Gasteiger charge is -2.16. The molecule has 4 heteroatoms. The third-order valence-electron chi connectivity index (χ3n) is 9.39. The fourth-order valence-corrected chi connectivity index (χ4v) is 7.33. The van der Waals surface area contributed by atoms with Crippen molar-refractivity contribution in [1.82, 2.24) is 9.13 Å². The summed E-state index contributed by atoms with van der Waals surface area (Å²) < 4.78 is 4.53. The molecule has 0 aliphatic carbocycles. The molecule has 222 valence electrons. The predicted octanol–water partition coefficient (Wildman–Crippen LogP) is 11.6. The van der Waals surface area contributed by atoms with Gasteiger partial charge >= 0.3 is 0 Å². The number of rotatable bonds is 4. The Kier molecular flexibility index (Phi) is 6.22. The van der Waals surface area contributed by atoms with Crippen molar-refractivity contribution in [2.45, 2.75) is 0 Å². The van der Waals surface area contributed by atoms with E-state index in [1.807, 2.05) is 36.4 Å². The Morgan fingerprint density at radius 3 is 1.77 bits per heavy atom. The standard InChI is InChI=1S/C44H26N4/c1-46-37-17-10-22-42-44(37)36-16-4-7-20-40(36)47(42)33-13-8-11-31(27-33)29-23-25-30(26-24-29)43-32(28-45)12-9-21-41(43)48-38-18-5-2-14-34(38)35-15-3-6-19-39(35)48/h2-27H. The third-order valence-corrected chi connectivity index (χ3v) is 9.39. The van der Waals surface area contributed by atoms with Crippen LogP contribution in [0, 0.1) is 17.9 Å². The summed E-state index contributed by atoms with van der Waals surface area (Å²) in [5.74, 6) is 0. The zero-order chi connectivity index (χ0) is 32.2. The largest absolute Gasteiger partial charge is 0.311 e. The molecule has 0 aliphatic heterocycles. The highest BCUT2D eigenvalue weighted by Gasteiger charge is 2.19. The van der Waals surface area contributed by atoms with Gasteiger partial charge in [0.05, 0.1) is 40.4 Å². The first kappa shape index (κ1) is 27.4. The number of para-hydroxylation sites is 3. The molecule has 0 atom stereocenters. The van der Waals surface area contributed by atoms with Crippen molar-refractivity contribution in [2.75, 3.05) is 0 Å². The van der Waals surface area contributed by atoms with Gasteiger partial charge in [-0.3, -0.25) is 0 Å². The van der Waals surface area contributed by atoms with E-state index >= 15 is 0 Å². The number of hydrogen-bond donors (Lipinski definition) is 0. The van der Waals surface area contributed by atoms with Gasteiger partial charge in [-0.05, 0) is 70.6 Å². The predicted molar refractivity (Wildman–Crippen MR) is 197 cm³/mol. The minimum absolute atomic E-state index is 0.634. The van der Waals surface area contributed by atoms with E-state index in [0.717, 1.165) is 66.5 Å². The number of aromatic nitrogens is 2. The lowest BCUT2D eigenvalue weighted by Crippen LogP contribution is -1.99. The summed E-state index contributed by atoms with van der Waals surface area (Å²) in [5, 5.41) is 14.7. The van der Waals surface area contributed by atoms with Crippen LogP contribution in [-0.2, 0) is 0 Å². The molecule has 9 aromatic rings. The van der Waals surface area contributed by atoms with Crippen LogP contribution in [0.1, 0.15) is 5.56 Å². The van der Waals surface area contributed by atoms with E-state index in [0.29, 0.717) is 11.3 Å². The molecule has 9 rings (SSSR count). The second-order valence-corrected chi connectivity index (χ2v) is 11.9. The molecule has 0 aliphatic rings. The van der Waals surface area contributed by atoms with Gasteiger partial charge in [0.2, 0.25) is 0 Å². The van der Waals surface area contributed by atoms with Crippen LogP contribution in [0.3, 0.4) is 0 Å². The summed E-state index contributed by atoms with van der Waals surface area (Å²) in [5.41, 5.74) is 11.7. The van der Waals surface area contributed by atoms with Crippen molar-refractivity contribution in [2.24, 2.45) is 0 Å². The Labute approximate surface area is 277 Å². The van der Waals surface area contributed by atoms with Gasteiger partial charge in [0.25, 0.3) is 0 Å². The van der Waals surface area contributed by atoms with E-state index in [4.69, 9.17) is 6.57 Å². The first-order valence-corrected chi connectivity index (χ1v) is 15.9. The quantitative estimate of drug-likeness (QED) is 0.183. The highest BCUT2D eigenvalue weighted by molar-refractivity contribution is 6.15. The third kappa shape index (κ3) is 4.07. The van der Waals surface area contributed by atoms with E-state index in [1.54, 1.807) is 0 Å². The van der Waals surface area contributed by atoms with Crippen molar-refractivity contribution in [3.05, 3.63) is 175 Å². The molecular formula is C44H26N4. The smallest absolute Gasteiger partial charge is 0.197 e. The van der Waals surface area contributed by atoms with E-state index < -0.39 is 0 Å². The van der Waals surface area contributed by atoms with Crippen molar-refractivity contribution in [3.8, 4) is 39.7 Å². The summed E-state index contributed by atoms with van der Waals surface area (Å²) in [6.07, 6.45) is 0. The van der Waals surface area contributed by atoms with Crippen molar-refractivity contribution < 1.29 is 0 Å². The van der Waals surface area contributed by atoms with Gasteiger partial charge < -0.3 is 9.13 Å². The highest BCUT2D eigenvalue weighted by Crippen LogP contribution is 2.40. The van der Waals surface area contributed by atoms with Crippen LogP contribution in [0.2, 0.25) is 0 Å². The van der Waals surface area contributed by atoms with Crippen LogP contribution < -0.4 is 0 Å². The molecular weight excluding hydrogens is 585 g/mol. The van der Waals surface area contributed by atoms with Crippen LogP contribution in [0.4, 0.5) is 5.69 Å². The zero-order valence-electron chi connectivity index (χ0n) is 25.8. The molecule has 0 saturated carbocycles. The maximum atomic E-state index is 10.3. The molecule has 2 aromatic heterocycles. The van der Waals surface area contributed by atoms with Gasteiger partial charge in [0.1, 0.15) is 0 Å². The van der Waals surface area contributed by atoms with Gasteiger partial charge in [-0.15, -0.1) is 0 Å². The van der Waals surface area contributed by atoms with Gasteiger partial charge in [0, 0.05) is 32.9 Å². The Morgan fingerprint density at radius 2 is 1.08 bits per heavy atom. The van der Waals surface area contributed by atoms with Gasteiger partial charge in [-0.2, -0.15) is 5.26 Å². The number of nitrogens with zero attached hydrogens (tertiary/aromatic N) is 4. The number of fused-ring (bicyclic) bond motifs is 6. The molecule has 0 radical (unpaired) electrons. The van der Waals surface area contributed by atoms with Crippen molar-refractivity contribution in [1.29, 1.82) is 5.26 Å². The average Bonchev–Trinajstić information content (AvgIpc) is 3.68. The zero-order valence-corrected chi connectivity index (χ0v) is 25.8. The summed E-state index contributed by atoms with van der Waals surface area (Å²) in [6.45, 7) is 7.79. The molecule has 0 bridgehead atoms. The monoisotopic (exact) mass is 610 g/mol.